The number of thiophene rings is 1. The smallest absolute Gasteiger partial charge is 0.258 e. The number of fused-ring (bicyclic) bond motifs is 1. The fourth-order valence-corrected chi connectivity index (χ4v) is 4.48. The van der Waals surface area contributed by atoms with Gasteiger partial charge in [-0.15, -0.1) is 11.3 Å². The van der Waals surface area contributed by atoms with Crippen LogP contribution >= 0.6 is 11.3 Å². The van der Waals surface area contributed by atoms with E-state index in [0.717, 1.165) is 42.5 Å². The summed E-state index contributed by atoms with van der Waals surface area (Å²) in [7, 11) is 0. The average molecular weight is 342 g/mol. The van der Waals surface area contributed by atoms with Gasteiger partial charge in [0.05, 0.1) is 5.56 Å². The van der Waals surface area contributed by atoms with Crippen LogP contribution in [0.4, 0.5) is 10.7 Å². The van der Waals surface area contributed by atoms with Crippen LogP contribution in [0.3, 0.4) is 0 Å². The third-order valence-electron chi connectivity index (χ3n) is 4.21. The van der Waals surface area contributed by atoms with E-state index in [1.807, 2.05) is 31.2 Å². The number of benzene rings is 1. The summed E-state index contributed by atoms with van der Waals surface area (Å²) in [6.07, 6.45) is 5.32. The number of aryl methyl sites for hydroxylation is 2. The van der Waals surface area contributed by atoms with Gasteiger partial charge >= 0.3 is 0 Å². The molecule has 0 radical (unpaired) electrons. The van der Waals surface area contributed by atoms with E-state index in [0.29, 0.717) is 10.6 Å². The number of hydrogen-bond donors (Lipinski definition) is 2. The lowest BCUT2D eigenvalue weighted by Crippen LogP contribution is -2.16. The maximum absolute atomic E-state index is 12.9. The summed E-state index contributed by atoms with van der Waals surface area (Å²) < 4.78 is 0. The molecule has 0 atom stereocenters. The number of hydrogen-bond acceptors (Lipinski definition) is 3. The van der Waals surface area contributed by atoms with Crippen molar-refractivity contribution in [1.29, 1.82) is 0 Å². The molecule has 1 aliphatic carbocycles. The summed E-state index contributed by atoms with van der Waals surface area (Å²) in [4.78, 5) is 25.7. The van der Waals surface area contributed by atoms with Gasteiger partial charge in [0.25, 0.3) is 5.91 Å². The molecule has 0 spiro atoms. The summed E-state index contributed by atoms with van der Waals surface area (Å²) in [5.41, 5.74) is 3.64. The van der Waals surface area contributed by atoms with Crippen LogP contribution in [0, 0.1) is 6.92 Å². The highest BCUT2D eigenvalue weighted by Gasteiger charge is 2.25. The fourth-order valence-electron chi connectivity index (χ4n) is 3.15. The van der Waals surface area contributed by atoms with Gasteiger partial charge < -0.3 is 10.6 Å². The van der Waals surface area contributed by atoms with Crippen molar-refractivity contribution in [1.82, 2.24) is 0 Å². The van der Waals surface area contributed by atoms with Crippen LogP contribution in [0.2, 0.25) is 0 Å². The van der Waals surface area contributed by atoms with E-state index < -0.39 is 0 Å². The van der Waals surface area contributed by atoms with Crippen molar-refractivity contribution < 1.29 is 9.59 Å². The lowest BCUT2D eigenvalue weighted by Gasteiger charge is -2.10. The molecule has 5 heteroatoms. The largest absolute Gasteiger partial charge is 0.322 e. The highest BCUT2D eigenvalue weighted by molar-refractivity contribution is 7.17. The van der Waals surface area contributed by atoms with Gasteiger partial charge in [-0.3, -0.25) is 9.59 Å². The second kappa shape index (κ2) is 7.18. The molecule has 0 fully saturated rings. The highest BCUT2D eigenvalue weighted by atomic mass is 32.1. The van der Waals surface area contributed by atoms with E-state index in [1.165, 1.54) is 18.2 Å². The second-order valence-electron chi connectivity index (χ2n) is 6.27. The zero-order valence-electron chi connectivity index (χ0n) is 14.1. The van der Waals surface area contributed by atoms with Crippen molar-refractivity contribution in [3.05, 3.63) is 45.8 Å². The Morgan fingerprint density at radius 3 is 2.62 bits per heavy atom. The standard InChI is InChI=1S/C19H22N2O2S/c1-12-7-6-8-14(11-12)21-18(23)17-15-9-4-3-5-10-16(15)24-19(17)20-13(2)22/h6-8,11H,3-5,9-10H2,1-2H3,(H,20,22)(H,21,23). The first-order chi connectivity index (χ1) is 11.5. The summed E-state index contributed by atoms with van der Waals surface area (Å²) in [5.74, 6) is -0.278. The Labute approximate surface area is 146 Å². The maximum Gasteiger partial charge on any atom is 0.258 e. The predicted octanol–water partition coefficient (Wildman–Crippen LogP) is 4.54. The molecule has 0 saturated heterocycles. The molecule has 0 bridgehead atoms. The van der Waals surface area contributed by atoms with Crippen molar-refractivity contribution in [2.24, 2.45) is 0 Å². The van der Waals surface area contributed by atoms with Crippen LogP contribution in [-0.2, 0) is 17.6 Å². The van der Waals surface area contributed by atoms with Gasteiger partial charge in [0.15, 0.2) is 0 Å². The third-order valence-corrected chi connectivity index (χ3v) is 5.42. The van der Waals surface area contributed by atoms with Crippen molar-refractivity contribution in [3.63, 3.8) is 0 Å². The van der Waals surface area contributed by atoms with Crippen LogP contribution in [0.25, 0.3) is 0 Å². The van der Waals surface area contributed by atoms with E-state index in [9.17, 15) is 9.59 Å². The van der Waals surface area contributed by atoms with E-state index >= 15 is 0 Å². The molecule has 2 N–H and O–H groups in total. The first-order valence-electron chi connectivity index (χ1n) is 8.34. The Bertz CT molecular complexity index is 780. The quantitative estimate of drug-likeness (QED) is 0.805. The van der Waals surface area contributed by atoms with Crippen molar-refractivity contribution in [3.8, 4) is 0 Å². The van der Waals surface area contributed by atoms with Gasteiger partial charge in [-0.1, -0.05) is 18.6 Å². The molecule has 0 unspecified atom stereocenters. The van der Waals surface area contributed by atoms with Crippen LogP contribution in [-0.4, -0.2) is 11.8 Å². The van der Waals surface area contributed by atoms with Crippen LogP contribution in [0.5, 0.6) is 0 Å². The predicted molar refractivity (Wildman–Crippen MR) is 99.0 cm³/mol. The summed E-state index contributed by atoms with van der Waals surface area (Å²) in [5, 5.41) is 6.51. The van der Waals surface area contributed by atoms with Crippen LogP contribution in [0.15, 0.2) is 24.3 Å². The van der Waals surface area contributed by atoms with Crippen LogP contribution < -0.4 is 10.6 Å². The fraction of sp³-hybridized carbons (Fsp3) is 0.368. The molecule has 0 aliphatic heterocycles. The minimum absolute atomic E-state index is 0.135. The van der Waals surface area contributed by atoms with Gasteiger partial charge in [0.1, 0.15) is 5.00 Å². The Morgan fingerprint density at radius 1 is 1.08 bits per heavy atom. The van der Waals surface area contributed by atoms with Gasteiger partial charge in [-0.05, 0) is 55.9 Å². The van der Waals surface area contributed by atoms with Crippen molar-refractivity contribution in [2.45, 2.75) is 46.0 Å². The highest BCUT2D eigenvalue weighted by Crippen LogP contribution is 2.38. The minimum Gasteiger partial charge on any atom is -0.322 e. The SMILES string of the molecule is CC(=O)Nc1sc2c(c1C(=O)Nc1cccc(C)c1)CCCCC2. The van der Waals surface area contributed by atoms with E-state index in [2.05, 4.69) is 10.6 Å². The molecular weight excluding hydrogens is 320 g/mol. The number of amides is 2. The monoisotopic (exact) mass is 342 g/mol. The molecule has 4 nitrogen and oxygen atoms in total. The lowest BCUT2D eigenvalue weighted by molar-refractivity contribution is -0.114. The molecule has 24 heavy (non-hydrogen) atoms. The van der Waals surface area contributed by atoms with Gasteiger partial charge in [0, 0.05) is 17.5 Å². The molecule has 1 heterocycles. The Morgan fingerprint density at radius 2 is 1.88 bits per heavy atom. The number of anilines is 2. The topological polar surface area (TPSA) is 58.2 Å². The molecule has 3 rings (SSSR count). The van der Waals surface area contributed by atoms with Crippen molar-refractivity contribution >= 4 is 33.8 Å². The number of rotatable bonds is 3. The molecule has 1 aromatic carbocycles. The number of nitrogens with one attached hydrogen (secondary N) is 2. The Kier molecular flexibility index (Phi) is 5.00. The Hall–Kier alpha value is -2.14. The summed E-state index contributed by atoms with van der Waals surface area (Å²) >= 11 is 1.55. The van der Waals surface area contributed by atoms with E-state index in [-0.39, 0.29) is 11.8 Å². The molecule has 1 aliphatic rings. The zero-order valence-corrected chi connectivity index (χ0v) is 14.9. The third kappa shape index (κ3) is 3.67. The lowest BCUT2D eigenvalue weighted by atomic mass is 10.0. The summed E-state index contributed by atoms with van der Waals surface area (Å²) in [6.45, 7) is 3.47. The molecule has 2 aromatic rings. The molecule has 0 saturated carbocycles. The normalized spacial score (nSPS) is 13.8. The second-order valence-corrected chi connectivity index (χ2v) is 7.38. The maximum atomic E-state index is 12.9. The first kappa shape index (κ1) is 16.7. The molecule has 1 aromatic heterocycles. The Balaban J connectivity index is 1.96. The van der Waals surface area contributed by atoms with Crippen LogP contribution in [0.1, 0.15) is 52.5 Å². The number of carbonyl (C=O) groups excluding carboxylic acids is 2. The minimum atomic E-state index is -0.143. The zero-order chi connectivity index (χ0) is 17.1. The van der Waals surface area contributed by atoms with E-state index in [4.69, 9.17) is 0 Å². The van der Waals surface area contributed by atoms with Gasteiger partial charge in [-0.25, -0.2) is 0 Å². The first-order valence-corrected chi connectivity index (χ1v) is 9.16. The molecule has 2 amide bonds. The molecular formula is C19H22N2O2S. The van der Waals surface area contributed by atoms with Gasteiger partial charge in [0.2, 0.25) is 5.91 Å². The number of carbonyl (C=O) groups is 2. The van der Waals surface area contributed by atoms with Crippen molar-refractivity contribution in [2.75, 3.05) is 10.6 Å². The van der Waals surface area contributed by atoms with E-state index in [1.54, 1.807) is 11.3 Å². The average Bonchev–Trinajstić information content (AvgIpc) is 2.68. The summed E-state index contributed by atoms with van der Waals surface area (Å²) in [6, 6.07) is 7.75. The van der Waals surface area contributed by atoms with Gasteiger partial charge in [-0.2, -0.15) is 0 Å². The molecule has 126 valence electrons.